The first kappa shape index (κ1) is 13.5. The minimum atomic E-state index is 0.350. The first-order valence-corrected chi connectivity index (χ1v) is 5.93. The van der Waals surface area contributed by atoms with E-state index in [1.807, 2.05) is 4.90 Å². The molecule has 0 aliphatic heterocycles. The summed E-state index contributed by atoms with van der Waals surface area (Å²) in [6.45, 7) is 7.27. The Hall–Kier alpha value is -0.530. The fraction of sp³-hybridized carbons (Fsp3) is 0.917. The van der Waals surface area contributed by atoms with E-state index >= 15 is 0 Å². The van der Waals surface area contributed by atoms with Gasteiger partial charge in [-0.1, -0.05) is 39.0 Å². The number of unbranched alkanes of at least 4 members (excludes halogenated alkanes) is 5. The molecule has 14 heavy (non-hydrogen) atoms. The minimum Gasteiger partial charge on any atom is -0.343 e. The molecule has 84 valence electrons. The summed E-state index contributed by atoms with van der Waals surface area (Å²) in [7, 11) is 0. The molecule has 2 heteroatoms. The number of carbonyl (C=O) groups is 1. The van der Waals surface area contributed by atoms with E-state index in [2.05, 4.69) is 20.8 Å². The van der Waals surface area contributed by atoms with Gasteiger partial charge in [-0.2, -0.15) is 0 Å². The van der Waals surface area contributed by atoms with Gasteiger partial charge < -0.3 is 4.90 Å². The highest BCUT2D eigenvalue weighted by Gasteiger charge is 2.04. The molecule has 1 amide bonds. The van der Waals surface area contributed by atoms with Gasteiger partial charge >= 0.3 is 0 Å². The van der Waals surface area contributed by atoms with Crippen LogP contribution in [0.15, 0.2) is 0 Å². The van der Waals surface area contributed by atoms with Crippen molar-refractivity contribution in [3.8, 4) is 0 Å². The number of rotatable bonds is 9. The Balaban J connectivity index is 3.29. The van der Waals surface area contributed by atoms with Gasteiger partial charge in [0.15, 0.2) is 0 Å². The van der Waals surface area contributed by atoms with Crippen molar-refractivity contribution in [1.29, 1.82) is 0 Å². The van der Waals surface area contributed by atoms with Gasteiger partial charge in [0, 0.05) is 12.6 Å². The van der Waals surface area contributed by atoms with E-state index in [9.17, 15) is 4.79 Å². The standard InChI is InChI=1S/C12H25NO/c1-4-5-6-7-8-9-10-13(11-14)12(2)3/h11-12H,4-10H2,1-3H3. The molecule has 2 nitrogen and oxygen atoms in total. The molecule has 0 heterocycles. The van der Waals surface area contributed by atoms with Crippen LogP contribution in [-0.4, -0.2) is 23.9 Å². The van der Waals surface area contributed by atoms with Gasteiger partial charge in [-0.25, -0.2) is 0 Å². The molecule has 0 N–H and O–H groups in total. The second kappa shape index (κ2) is 9.04. The third kappa shape index (κ3) is 6.93. The molecule has 0 aliphatic rings. The summed E-state index contributed by atoms with van der Waals surface area (Å²) in [4.78, 5) is 12.5. The van der Waals surface area contributed by atoms with E-state index in [4.69, 9.17) is 0 Å². The molecule has 0 aromatic carbocycles. The van der Waals surface area contributed by atoms with Gasteiger partial charge in [-0.3, -0.25) is 4.79 Å². The predicted molar refractivity (Wildman–Crippen MR) is 61.3 cm³/mol. The van der Waals surface area contributed by atoms with Gasteiger partial charge in [0.25, 0.3) is 0 Å². The second-order valence-electron chi connectivity index (χ2n) is 4.20. The Kier molecular flexibility index (Phi) is 8.70. The Morgan fingerprint density at radius 1 is 1.07 bits per heavy atom. The summed E-state index contributed by atoms with van der Waals surface area (Å²) >= 11 is 0. The Labute approximate surface area is 88.7 Å². The van der Waals surface area contributed by atoms with E-state index in [-0.39, 0.29) is 0 Å². The van der Waals surface area contributed by atoms with Crippen molar-refractivity contribution in [3.63, 3.8) is 0 Å². The topological polar surface area (TPSA) is 20.3 Å². The van der Waals surface area contributed by atoms with Gasteiger partial charge in [0.05, 0.1) is 0 Å². The lowest BCUT2D eigenvalue weighted by molar-refractivity contribution is -0.119. The van der Waals surface area contributed by atoms with Gasteiger partial charge in [0.1, 0.15) is 0 Å². The lowest BCUT2D eigenvalue weighted by atomic mass is 10.1. The van der Waals surface area contributed by atoms with Crippen LogP contribution >= 0.6 is 0 Å². The molecule has 0 saturated heterocycles. The zero-order valence-electron chi connectivity index (χ0n) is 9.96. The molecule has 0 aromatic heterocycles. The number of nitrogens with zero attached hydrogens (tertiary/aromatic N) is 1. The van der Waals surface area contributed by atoms with E-state index in [1.165, 1.54) is 32.1 Å². The summed E-state index contributed by atoms with van der Waals surface area (Å²) in [5, 5.41) is 0. The molecule has 0 aliphatic carbocycles. The molecule has 0 rings (SSSR count). The maximum atomic E-state index is 10.6. The molecule has 0 aromatic rings. The molecular weight excluding hydrogens is 174 g/mol. The largest absolute Gasteiger partial charge is 0.343 e. The maximum absolute atomic E-state index is 10.6. The summed E-state index contributed by atoms with van der Waals surface area (Å²) in [6, 6.07) is 0.350. The minimum absolute atomic E-state index is 0.350. The summed E-state index contributed by atoms with van der Waals surface area (Å²) in [5.74, 6) is 0. The quantitative estimate of drug-likeness (QED) is 0.412. The average Bonchev–Trinajstić information content (AvgIpc) is 2.16. The lowest BCUT2D eigenvalue weighted by Gasteiger charge is -2.21. The van der Waals surface area contributed by atoms with E-state index in [0.29, 0.717) is 6.04 Å². The molecule has 0 spiro atoms. The second-order valence-corrected chi connectivity index (χ2v) is 4.20. The molecular formula is C12H25NO. The smallest absolute Gasteiger partial charge is 0.209 e. The van der Waals surface area contributed by atoms with Crippen molar-refractivity contribution in [2.45, 2.75) is 65.3 Å². The van der Waals surface area contributed by atoms with Gasteiger partial charge in [-0.15, -0.1) is 0 Å². The Bertz CT molecular complexity index is 134. The normalized spacial score (nSPS) is 10.6. The maximum Gasteiger partial charge on any atom is 0.209 e. The van der Waals surface area contributed by atoms with Crippen LogP contribution in [-0.2, 0) is 4.79 Å². The number of hydrogen-bond acceptors (Lipinski definition) is 1. The number of amides is 1. The highest BCUT2D eigenvalue weighted by Crippen LogP contribution is 2.06. The first-order chi connectivity index (χ1) is 6.72. The molecule has 0 radical (unpaired) electrons. The average molecular weight is 199 g/mol. The van der Waals surface area contributed by atoms with Crippen molar-refractivity contribution < 1.29 is 4.79 Å². The van der Waals surface area contributed by atoms with Crippen LogP contribution in [0.4, 0.5) is 0 Å². The van der Waals surface area contributed by atoms with Crippen LogP contribution in [0.25, 0.3) is 0 Å². The third-order valence-electron chi connectivity index (χ3n) is 2.57. The van der Waals surface area contributed by atoms with Crippen LogP contribution in [0.1, 0.15) is 59.3 Å². The monoisotopic (exact) mass is 199 g/mol. The molecule has 0 unspecified atom stereocenters. The first-order valence-electron chi connectivity index (χ1n) is 5.93. The van der Waals surface area contributed by atoms with Crippen LogP contribution in [0.5, 0.6) is 0 Å². The predicted octanol–water partition coefficient (Wildman–Crippen LogP) is 3.21. The number of carbonyl (C=O) groups excluding carboxylic acids is 1. The molecule has 0 saturated carbocycles. The zero-order chi connectivity index (χ0) is 10.8. The summed E-state index contributed by atoms with van der Waals surface area (Å²) in [5.41, 5.74) is 0. The Morgan fingerprint density at radius 3 is 2.14 bits per heavy atom. The highest BCUT2D eigenvalue weighted by molar-refractivity contribution is 5.47. The number of hydrogen-bond donors (Lipinski definition) is 0. The lowest BCUT2D eigenvalue weighted by Crippen LogP contribution is -2.30. The van der Waals surface area contributed by atoms with Crippen molar-refractivity contribution in [2.75, 3.05) is 6.54 Å². The van der Waals surface area contributed by atoms with E-state index in [0.717, 1.165) is 19.4 Å². The molecule has 0 fully saturated rings. The molecule has 0 bridgehead atoms. The zero-order valence-corrected chi connectivity index (χ0v) is 9.96. The fourth-order valence-corrected chi connectivity index (χ4v) is 1.51. The van der Waals surface area contributed by atoms with Gasteiger partial charge in [-0.05, 0) is 20.3 Å². The van der Waals surface area contributed by atoms with Crippen molar-refractivity contribution in [2.24, 2.45) is 0 Å². The van der Waals surface area contributed by atoms with Crippen LogP contribution in [0.2, 0.25) is 0 Å². The highest BCUT2D eigenvalue weighted by atomic mass is 16.1. The van der Waals surface area contributed by atoms with E-state index < -0.39 is 0 Å². The van der Waals surface area contributed by atoms with E-state index in [1.54, 1.807) is 0 Å². The SMILES string of the molecule is CCCCCCCCN(C=O)C(C)C. The van der Waals surface area contributed by atoms with Gasteiger partial charge in [0.2, 0.25) is 6.41 Å². The van der Waals surface area contributed by atoms with Crippen molar-refractivity contribution in [3.05, 3.63) is 0 Å². The van der Waals surface area contributed by atoms with Crippen LogP contribution in [0, 0.1) is 0 Å². The molecule has 0 atom stereocenters. The van der Waals surface area contributed by atoms with Crippen molar-refractivity contribution >= 4 is 6.41 Å². The summed E-state index contributed by atoms with van der Waals surface area (Å²) < 4.78 is 0. The third-order valence-corrected chi connectivity index (χ3v) is 2.57. The Morgan fingerprint density at radius 2 is 1.64 bits per heavy atom. The fourth-order valence-electron chi connectivity index (χ4n) is 1.51. The van der Waals surface area contributed by atoms with Crippen molar-refractivity contribution in [1.82, 2.24) is 4.90 Å². The van der Waals surface area contributed by atoms with Crippen LogP contribution in [0.3, 0.4) is 0 Å². The summed E-state index contributed by atoms with van der Waals surface area (Å²) in [6.07, 6.45) is 8.69. The van der Waals surface area contributed by atoms with Crippen LogP contribution < -0.4 is 0 Å².